The molecule has 2 heterocycles. The molecule has 2 aliphatic rings. The number of aryl methyl sites for hydroxylation is 1. The third-order valence-corrected chi connectivity index (χ3v) is 5.61. The molecule has 122 valence electrons. The van der Waals surface area contributed by atoms with Gasteiger partial charge in [0.2, 0.25) is 0 Å². The zero-order valence-corrected chi connectivity index (χ0v) is 13.5. The van der Waals surface area contributed by atoms with Crippen molar-refractivity contribution >= 4 is 0 Å². The molecular weight excluding hydrogens is 294 g/mol. The summed E-state index contributed by atoms with van der Waals surface area (Å²) >= 11 is 0. The number of fused-ring (bicyclic) bond motifs is 3. The maximum atomic E-state index is 15.0. The number of imidazole rings is 1. The minimum absolute atomic E-state index is 0.128. The van der Waals surface area contributed by atoms with E-state index in [-0.39, 0.29) is 11.9 Å². The number of nitrogens with zero attached hydrogens (tertiary/aromatic N) is 2. The fourth-order valence-corrected chi connectivity index (χ4v) is 4.37. The predicted octanol–water partition coefficient (Wildman–Crippen LogP) is 5.35. The normalized spacial score (nSPS) is 22.0. The summed E-state index contributed by atoms with van der Waals surface area (Å²) < 4.78 is 31.5. The Morgan fingerprint density at radius 3 is 2.83 bits per heavy atom. The van der Waals surface area contributed by atoms with Gasteiger partial charge < -0.3 is 4.57 Å². The van der Waals surface area contributed by atoms with Gasteiger partial charge in [0.25, 0.3) is 0 Å². The Labute approximate surface area is 135 Å². The number of hydrogen-bond donors (Lipinski definition) is 0. The third-order valence-electron chi connectivity index (χ3n) is 5.61. The predicted molar refractivity (Wildman–Crippen MR) is 86.7 cm³/mol. The van der Waals surface area contributed by atoms with Crippen LogP contribution in [-0.4, -0.2) is 15.2 Å². The molecule has 1 saturated carbocycles. The van der Waals surface area contributed by atoms with Crippen LogP contribution in [0.5, 0.6) is 0 Å². The van der Waals surface area contributed by atoms with Crippen LogP contribution in [0.2, 0.25) is 0 Å². The fraction of sp³-hybridized carbons (Fsp3) is 0.526. The van der Waals surface area contributed by atoms with E-state index in [4.69, 9.17) is 0 Å². The average molecular weight is 316 g/mol. The molecule has 0 amide bonds. The van der Waals surface area contributed by atoms with Crippen LogP contribution in [0, 0.1) is 12.7 Å². The van der Waals surface area contributed by atoms with Gasteiger partial charge in [-0.25, -0.2) is 13.8 Å². The molecule has 0 N–H and O–H groups in total. The second kappa shape index (κ2) is 5.43. The summed E-state index contributed by atoms with van der Waals surface area (Å²) in [5.74, 6) is -0.184. The lowest BCUT2D eigenvalue weighted by atomic mass is 9.81. The van der Waals surface area contributed by atoms with Crippen molar-refractivity contribution in [2.45, 2.75) is 63.6 Å². The highest BCUT2D eigenvalue weighted by Crippen LogP contribution is 2.46. The van der Waals surface area contributed by atoms with Crippen molar-refractivity contribution in [1.29, 1.82) is 0 Å². The maximum absolute atomic E-state index is 15.0. The highest BCUT2D eigenvalue weighted by atomic mass is 19.1. The molecule has 23 heavy (non-hydrogen) atoms. The van der Waals surface area contributed by atoms with Crippen LogP contribution in [0.4, 0.5) is 8.78 Å². The van der Waals surface area contributed by atoms with E-state index < -0.39 is 5.67 Å². The summed E-state index contributed by atoms with van der Waals surface area (Å²) in [5.41, 5.74) is 2.62. The van der Waals surface area contributed by atoms with E-state index in [1.165, 1.54) is 6.07 Å². The van der Waals surface area contributed by atoms with E-state index in [0.717, 1.165) is 41.6 Å². The molecule has 1 aliphatic carbocycles. The molecule has 1 aromatic carbocycles. The van der Waals surface area contributed by atoms with Crippen LogP contribution in [0.15, 0.2) is 24.7 Å². The lowest BCUT2D eigenvalue weighted by molar-refractivity contribution is 0.0901. The standard InChI is InChI=1S/C19H22F2N2/c1-13-5-6-14(20)18-15(23-12-22-11-16(23)17(13)18)7-10-19(21)8-3-2-4-9-19/h5-6,11-12,15H,2-4,7-10H2,1H3. The van der Waals surface area contributed by atoms with E-state index in [1.54, 1.807) is 12.5 Å². The van der Waals surface area contributed by atoms with Crippen LogP contribution in [0.25, 0.3) is 11.3 Å². The van der Waals surface area contributed by atoms with Gasteiger partial charge in [0.15, 0.2) is 0 Å². The second-order valence-corrected chi connectivity index (χ2v) is 7.11. The molecule has 0 radical (unpaired) electrons. The number of benzene rings is 1. The van der Waals surface area contributed by atoms with Crippen molar-refractivity contribution in [3.8, 4) is 11.3 Å². The van der Waals surface area contributed by atoms with Crippen molar-refractivity contribution in [3.05, 3.63) is 41.6 Å². The van der Waals surface area contributed by atoms with Gasteiger partial charge in [0.1, 0.15) is 11.5 Å². The van der Waals surface area contributed by atoms with E-state index in [9.17, 15) is 8.78 Å². The van der Waals surface area contributed by atoms with Gasteiger partial charge in [-0.1, -0.05) is 25.3 Å². The van der Waals surface area contributed by atoms with E-state index in [2.05, 4.69) is 4.98 Å². The lowest BCUT2D eigenvalue weighted by Gasteiger charge is -2.30. The number of alkyl halides is 1. The summed E-state index contributed by atoms with van der Waals surface area (Å²) in [6.45, 7) is 2.00. The average Bonchev–Trinajstić information content (AvgIpc) is 3.11. The molecule has 1 aliphatic heterocycles. The van der Waals surface area contributed by atoms with Crippen LogP contribution < -0.4 is 0 Å². The van der Waals surface area contributed by atoms with E-state index >= 15 is 0 Å². The number of halogens is 2. The summed E-state index contributed by atoms with van der Waals surface area (Å²) in [4.78, 5) is 4.22. The SMILES string of the molecule is Cc1ccc(F)c2c1-c1cncn1C2CCC1(F)CCCCC1. The quantitative estimate of drug-likeness (QED) is 0.746. The first-order chi connectivity index (χ1) is 11.1. The molecule has 4 rings (SSSR count). The van der Waals surface area contributed by atoms with Crippen molar-refractivity contribution in [3.63, 3.8) is 0 Å². The number of hydrogen-bond acceptors (Lipinski definition) is 1. The summed E-state index contributed by atoms with van der Waals surface area (Å²) in [7, 11) is 0. The van der Waals surface area contributed by atoms with Crippen molar-refractivity contribution in [1.82, 2.24) is 9.55 Å². The lowest BCUT2D eigenvalue weighted by Crippen LogP contribution is -2.27. The number of aromatic nitrogens is 2. The molecule has 0 saturated heterocycles. The zero-order chi connectivity index (χ0) is 16.0. The van der Waals surface area contributed by atoms with E-state index in [0.29, 0.717) is 25.7 Å². The zero-order valence-electron chi connectivity index (χ0n) is 13.5. The van der Waals surface area contributed by atoms with Gasteiger partial charge in [0.05, 0.1) is 24.3 Å². The molecule has 2 aromatic rings. The highest BCUT2D eigenvalue weighted by molar-refractivity contribution is 5.72. The summed E-state index contributed by atoms with van der Waals surface area (Å²) in [6, 6.07) is 3.22. The molecule has 1 atom stereocenters. The van der Waals surface area contributed by atoms with Gasteiger partial charge in [0, 0.05) is 11.1 Å². The van der Waals surface area contributed by atoms with Crippen molar-refractivity contribution < 1.29 is 8.78 Å². The first kappa shape index (κ1) is 14.9. The Bertz CT molecular complexity index is 729. The molecule has 1 aromatic heterocycles. The molecule has 1 fully saturated rings. The van der Waals surface area contributed by atoms with Gasteiger partial charge >= 0.3 is 0 Å². The Balaban J connectivity index is 1.66. The van der Waals surface area contributed by atoms with Gasteiger partial charge in [-0.05, 0) is 44.2 Å². The van der Waals surface area contributed by atoms with Crippen molar-refractivity contribution in [2.24, 2.45) is 0 Å². The van der Waals surface area contributed by atoms with Gasteiger partial charge in [-0.2, -0.15) is 0 Å². The monoisotopic (exact) mass is 316 g/mol. The summed E-state index contributed by atoms with van der Waals surface area (Å²) in [5, 5.41) is 0. The van der Waals surface area contributed by atoms with Crippen LogP contribution in [0.3, 0.4) is 0 Å². The molecular formula is C19H22F2N2. The Hall–Kier alpha value is -1.71. The second-order valence-electron chi connectivity index (χ2n) is 7.11. The molecule has 4 heteroatoms. The Morgan fingerprint density at radius 2 is 2.04 bits per heavy atom. The smallest absolute Gasteiger partial charge is 0.129 e. The molecule has 1 unspecified atom stereocenters. The molecule has 0 spiro atoms. The topological polar surface area (TPSA) is 17.8 Å². The molecule has 2 nitrogen and oxygen atoms in total. The number of rotatable bonds is 3. The minimum Gasteiger partial charge on any atom is -0.323 e. The van der Waals surface area contributed by atoms with E-state index in [1.807, 2.05) is 17.6 Å². The van der Waals surface area contributed by atoms with Gasteiger partial charge in [-0.3, -0.25) is 0 Å². The third kappa shape index (κ3) is 2.39. The fourth-order valence-electron chi connectivity index (χ4n) is 4.37. The van der Waals surface area contributed by atoms with Crippen molar-refractivity contribution in [2.75, 3.05) is 0 Å². The first-order valence-corrected chi connectivity index (χ1v) is 8.59. The summed E-state index contributed by atoms with van der Waals surface area (Å²) in [6.07, 6.45) is 9.07. The highest BCUT2D eigenvalue weighted by Gasteiger charge is 2.37. The molecule has 0 bridgehead atoms. The first-order valence-electron chi connectivity index (χ1n) is 8.59. The maximum Gasteiger partial charge on any atom is 0.129 e. The Morgan fingerprint density at radius 1 is 1.26 bits per heavy atom. The van der Waals surface area contributed by atoms with Gasteiger partial charge in [-0.15, -0.1) is 0 Å². The van der Waals surface area contributed by atoms with Crippen LogP contribution in [0.1, 0.15) is 62.1 Å². The Kier molecular flexibility index (Phi) is 3.51. The minimum atomic E-state index is -1.07. The van der Waals surface area contributed by atoms with Crippen LogP contribution in [-0.2, 0) is 0 Å². The van der Waals surface area contributed by atoms with Crippen LogP contribution >= 0.6 is 0 Å². The largest absolute Gasteiger partial charge is 0.323 e.